The van der Waals surface area contributed by atoms with Crippen molar-refractivity contribution in [2.24, 2.45) is 0 Å². The minimum absolute atomic E-state index is 0.107. The van der Waals surface area contributed by atoms with Crippen LogP contribution < -0.4 is 19.6 Å². The molecule has 1 amide bonds. The second-order valence-corrected chi connectivity index (χ2v) is 10.2. The fraction of sp³-hybridized carbons (Fsp3) is 0.333. The summed E-state index contributed by atoms with van der Waals surface area (Å²) in [5.74, 6) is 1.79. The first-order valence-corrected chi connectivity index (χ1v) is 13.7. The molecule has 40 heavy (non-hydrogen) atoms. The molecule has 0 spiro atoms. The van der Waals surface area contributed by atoms with Crippen molar-refractivity contribution in [3.8, 4) is 17.2 Å². The number of hydrogen-bond donors (Lipinski definition) is 0. The highest BCUT2D eigenvalue weighted by molar-refractivity contribution is 5.99. The lowest BCUT2D eigenvalue weighted by atomic mass is 9.97. The average Bonchev–Trinajstić information content (AvgIpc) is 3.24. The number of methoxy groups -OCH3 is 2. The van der Waals surface area contributed by atoms with Gasteiger partial charge in [0.1, 0.15) is 11.3 Å². The normalized spacial score (nSPS) is 14.5. The molecule has 0 bridgehead atoms. The van der Waals surface area contributed by atoms with Gasteiger partial charge in [-0.1, -0.05) is 31.5 Å². The van der Waals surface area contributed by atoms with E-state index in [9.17, 15) is 9.59 Å². The highest BCUT2D eigenvalue weighted by atomic mass is 16.5. The van der Waals surface area contributed by atoms with Crippen LogP contribution in [-0.2, 0) is 6.42 Å². The maximum absolute atomic E-state index is 14.0. The van der Waals surface area contributed by atoms with Crippen LogP contribution in [0.1, 0.15) is 64.2 Å². The zero-order valence-corrected chi connectivity index (χ0v) is 23.7. The lowest BCUT2D eigenvalue weighted by Crippen LogP contribution is -2.31. The number of benzene rings is 3. The first-order valence-electron chi connectivity index (χ1n) is 13.7. The summed E-state index contributed by atoms with van der Waals surface area (Å²) < 4.78 is 23.0. The van der Waals surface area contributed by atoms with Crippen LogP contribution in [0.2, 0.25) is 0 Å². The molecular formula is C33H35NO6. The van der Waals surface area contributed by atoms with Crippen molar-refractivity contribution in [3.05, 3.63) is 98.4 Å². The van der Waals surface area contributed by atoms with Gasteiger partial charge in [0.25, 0.3) is 5.91 Å². The standard InChI is InChI=1S/C33H35NO6/c1-6-7-15-39-24-10-8-9-23(19-24)30-29-31(35)25-16-20(2)21(3)17-27(25)40-32(29)33(36)34(30)14-13-22-11-12-26(37-4)28(18-22)38-5/h8-12,16-19,30H,6-7,13-15H2,1-5H3. The van der Waals surface area contributed by atoms with Crippen molar-refractivity contribution in [2.45, 2.75) is 46.1 Å². The van der Waals surface area contributed by atoms with Crippen molar-refractivity contribution in [1.29, 1.82) is 0 Å². The summed E-state index contributed by atoms with van der Waals surface area (Å²) in [5, 5.41) is 0.483. The molecule has 0 saturated heterocycles. The number of aryl methyl sites for hydroxylation is 2. The first-order chi connectivity index (χ1) is 19.4. The summed E-state index contributed by atoms with van der Waals surface area (Å²) in [6.07, 6.45) is 2.52. The summed E-state index contributed by atoms with van der Waals surface area (Å²) >= 11 is 0. The van der Waals surface area contributed by atoms with Crippen LogP contribution in [0.3, 0.4) is 0 Å². The second kappa shape index (κ2) is 11.5. The van der Waals surface area contributed by atoms with E-state index in [2.05, 4.69) is 6.92 Å². The Morgan fingerprint density at radius 2 is 1.70 bits per heavy atom. The van der Waals surface area contributed by atoms with Crippen LogP contribution in [0.25, 0.3) is 11.0 Å². The van der Waals surface area contributed by atoms with E-state index in [-0.39, 0.29) is 17.1 Å². The Kier molecular flexibility index (Phi) is 7.83. The van der Waals surface area contributed by atoms with Gasteiger partial charge in [0.2, 0.25) is 5.76 Å². The predicted molar refractivity (Wildman–Crippen MR) is 155 cm³/mol. The van der Waals surface area contributed by atoms with Gasteiger partial charge in [-0.05, 0) is 85.3 Å². The van der Waals surface area contributed by atoms with Crippen LogP contribution in [0, 0.1) is 13.8 Å². The van der Waals surface area contributed by atoms with E-state index in [4.69, 9.17) is 18.6 Å². The van der Waals surface area contributed by atoms with Gasteiger partial charge in [-0.25, -0.2) is 0 Å². The molecule has 0 radical (unpaired) electrons. The first kappa shape index (κ1) is 27.3. The van der Waals surface area contributed by atoms with Gasteiger partial charge in [-0.3, -0.25) is 9.59 Å². The molecule has 7 nitrogen and oxygen atoms in total. The van der Waals surface area contributed by atoms with Crippen LogP contribution >= 0.6 is 0 Å². The lowest BCUT2D eigenvalue weighted by molar-refractivity contribution is 0.0729. The van der Waals surface area contributed by atoms with Crippen LogP contribution in [0.15, 0.2) is 63.8 Å². The van der Waals surface area contributed by atoms with Crippen molar-refractivity contribution in [3.63, 3.8) is 0 Å². The molecule has 4 aromatic rings. The van der Waals surface area contributed by atoms with Crippen molar-refractivity contribution >= 4 is 16.9 Å². The van der Waals surface area contributed by atoms with Crippen LogP contribution in [-0.4, -0.2) is 38.2 Å². The smallest absolute Gasteiger partial charge is 0.290 e. The SMILES string of the molecule is CCCCOc1cccc(C2c3c(oc4cc(C)c(C)cc4c3=O)C(=O)N2CCc2ccc(OC)c(OC)c2)c1. The molecular weight excluding hydrogens is 506 g/mol. The molecule has 0 saturated carbocycles. The summed E-state index contributed by atoms with van der Waals surface area (Å²) in [6.45, 7) is 7.03. The van der Waals surface area contributed by atoms with E-state index in [0.29, 0.717) is 53.4 Å². The molecule has 1 aliphatic heterocycles. The van der Waals surface area contributed by atoms with Crippen molar-refractivity contribution in [2.75, 3.05) is 27.4 Å². The van der Waals surface area contributed by atoms with Gasteiger partial charge < -0.3 is 23.5 Å². The van der Waals surface area contributed by atoms with E-state index in [0.717, 1.165) is 35.1 Å². The highest BCUT2D eigenvalue weighted by Gasteiger charge is 2.42. The number of carbonyl (C=O) groups excluding carboxylic acids is 1. The van der Waals surface area contributed by atoms with Crippen LogP contribution in [0.5, 0.6) is 17.2 Å². The largest absolute Gasteiger partial charge is 0.494 e. The maximum atomic E-state index is 14.0. The van der Waals surface area contributed by atoms with E-state index in [1.807, 2.05) is 68.4 Å². The fourth-order valence-corrected chi connectivity index (χ4v) is 5.25. The zero-order chi connectivity index (χ0) is 28.4. The van der Waals surface area contributed by atoms with Gasteiger partial charge in [0.15, 0.2) is 16.9 Å². The number of fused-ring (bicyclic) bond motifs is 2. The van der Waals surface area contributed by atoms with Gasteiger partial charge in [-0.2, -0.15) is 0 Å². The summed E-state index contributed by atoms with van der Waals surface area (Å²) in [6, 6.07) is 16.5. The third kappa shape index (κ3) is 5.04. The number of hydrogen-bond acceptors (Lipinski definition) is 6. The zero-order valence-electron chi connectivity index (χ0n) is 23.7. The number of unbranched alkanes of at least 4 members (excludes halogenated alkanes) is 1. The third-order valence-electron chi connectivity index (χ3n) is 7.61. The van der Waals surface area contributed by atoms with Gasteiger partial charge in [0.05, 0.1) is 37.8 Å². The van der Waals surface area contributed by atoms with E-state index < -0.39 is 6.04 Å². The molecule has 5 rings (SSSR count). The third-order valence-corrected chi connectivity index (χ3v) is 7.61. The number of ether oxygens (including phenoxy) is 3. The average molecular weight is 542 g/mol. The molecule has 1 aromatic heterocycles. The summed E-state index contributed by atoms with van der Waals surface area (Å²) in [7, 11) is 3.19. The molecule has 7 heteroatoms. The molecule has 208 valence electrons. The van der Waals surface area contributed by atoms with Crippen molar-refractivity contribution in [1.82, 2.24) is 4.90 Å². The van der Waals surface area contributed by atoms with E-state index in [1.165, 1.54) is 0 Å². The van der Waals surface area contributed by atoms with E-state index >= 15 is 0 Å². The van der Waals surface area contributed by atoms with Crippen molar-refractivity contribution < 1.29 is 23.4 Å². The Morgan fingerprint density at radius 1 is 0.925 bits per heavy atom. The minimum atomic E-state index is -0.598. The molecule has 0 fully saturated rings. The predicted octanol–water partition coefficient (Wildman–Crippen LogP) is 6.39. The Morgan fingerprint density at radius 3 is 2.45 bits per heavy atom. The Labute approximate surface area is 234 Å². The molecule has 2 heterocycles. The number of nitrogens with zero attached hydrogens (tertiary/aromatic N) is 1. The number of rotatable bonds is 10. The molecule has 1 atom stereocenters. The quantitative estimate of drug-likeness (QED) is 0.216. The topological polar surface area (TPSA) is 78.2 Å². The molecule has 3 aromatic carbocycles. The van der Waals surface area contributed by atoms with Gasteiger partial charge >= 0.3 is 0 Å². The fourth-order valence-electron chi connectivity index (χ4n) is 5.25. The Balaban J connectivity index is 1.58. The van der Waals surface area contributed by atoms with Gasteiger partial charge in [-0.15, -0.1) is 0 Å². The van der Waals surface area contributed by atoms with Crippen LogP contribution in [0.4, 0.5) is 0 Å². The number of amides is 1. The molecule has 0 aliphatic carbocycles. The lowest BCUT2D eigenvalue weighted by Gasteiger charge is -2.25. The summed E-state index contributed by atoms with van der Waals surface area (Å²) in [5.41, 5.74) is 4.41. The monoisotopic (exact) mass is 541 g/mol. The Hall–Kier alpha value is -4.26. The molecule has 0 N–H and O–H groups in total. The maximum Gasteiger partial charge on any atom is 0.290 e. The van der Waals surface area contributed by atoms with E-state index in [1.54, 1.807) is 19.1 Å². The number of carbonyl (C=O) groups is 1. The second-order valence-electron chi connectivity index (χ2n) is 10.2. The molecule has 1 aliphatic rings. The highest BCUT2D eigenvalue weighted by Crippen LogP contribution is 2.39. The molecule has 1 unspecified atom stereocenters. The minimum Gasteiger partial charge on any atom is -0.494 e. The van der Waals surface area contributed by atoms with Gasteiger partial charge in [0, 0.05) is 6.54 Å². The Bertz CT molecular complexity index is 1620. The summed E-state index contributed by atoms with van der Waals surface area (Å²) in [4.78, 5) is 29.6.